The average Bonchev–Trinajstić information content (AvgIpc) is 3.00. The molecule has 1 heterocycles. The summed E-state index contributed by atoms with van der Waals surface area (Å²) in [7, 11) is 3.24. The Kier molecular flexibility index (Phi) is 9.18. The van der Waals surface area contributed by atoms with Gasteiger partial charge in [-0.2, -0.15) is 9.78 Å². The fourth-order valence-electron chi connectivity index (χ4n) is 4.82. The van der Waals surface area contributed by atoms with Crippen molar-refractivity contribution in [3.05, 3.63) is 115 Å². The Morgan fingerprint density at radius 1 is 1.00 bits per heavy atom. The molecule has 1 aromatic heterocycles. The van der Waals surface area contributed by atoms with E-state index in [0.717, 1.165) is 32.5 Å². The van der Waals surface area contributed by atoms with Crippen LogP contribution in [0.2, 0.25) is 5.02 Å². The van der Waals surface area contributed by atoms with Gasteiger partial charge >= 0.3 is 0 Å². The zero-order valence-electron chi connectivity index (χ0n) is 24.5. The summed E-state index contributed by atoms with van der Waals surface area (Å²) in [6.45, 7) is 6.45. The van der Waals surface area contributed by atoms with E-state index in [2.05, 4.69) is 29.8 Å². The number of fused-ring (bicyclic) bond motifs is 1. The van der Waals surface area contributed by atoms with Crippen LogP contribution >= 0.6 is 27.5 Å². The molecule has 220 valence electrons. The molecule has 0 fully saturated rings. The van der Waals surface area contributed by atoms with E-state index >= 15 is 0 Å². The van der Waals surface area contributed by atoms with E-state index in [1.807, 2.05) is 73.7 Å². The molecule has 0 saturated heterocycles. The Morgan fingerprint density at radius 3 is 2.42 bits per heavy atom. The molecule has 0 N–H and O–H groups in total. The van der Waals surface area contributed by atoms with Crippen LogP contribution in [0.25, 0.3) is 22.3 Å². The molecule has 0 aliphatic heterocycles. The lowest BCUT2D eigenvalue weighted by atomic mass is 9.96. The van der Waals surface area contributed by atoms with Gasteiger partial charge in [-0.05, 0) is 78.1 Å². The summed E-state index contributed by atoms with van der Waals surface area (Å²) in [5.74, 6) is 2.40. The molecular formula is C34H31BrClN3O4. The van der Waals surface area contributed by atoms with Crippen LogP contribution in [0.4, 0.5) is 0 Å². The van der Waals surface area contributed by atoms with Crippen LogP contribution < -0.4 is 19.8 Å². The number of rotatable bonds is 9. The number of nitrogens with zero attached hydrogens (tertiary/aromatic N) is 3. The Balaban J connectivity index is 1.67. The summed E-state index contributed by atoms with van der Waals surface area (Å²) in [5.41, 5.74) is 4.55. The molecule has 0 aliphatic rings. The van der Waals surface area contributed by atoms with Crippen LogP contribution in [-0.4, -0.2) is 30.1 Å². The van der Waals surface area contributed by atoms with Crippen molar-refractivity contribution in [1.29, 1.82) is 0 Å². The lowest BCUT2D eigenvalue weighted by Gasteiger charge is -2.17. The fourth-order valence-corrected chi connectivity index (χ4v) is 5.40. The van der Waals surface area contributed by atoms with Crippen LogP contribution in [0.1, 0.15) is 42.0 Å². The third kappa shape index (κ3) is 6.45. The molecule has 5 aromatic rings. The standard InChI is InChI=1S/C34H31BrClN3O4/c1-20(2)27-17-28(21(3)14-30(27)41-4)33-38-29-9-7-6-8-26(29)34(40)39(33)37-18-23-15-24(35)16-31(42-5)32(23)43-19-22-10-12-25(36)13-11-22/h6-18,20H,19H2,1-5H3. The van der Waals surface area contributed by atoms with Crippen molar-refractivity contribution in [3.8, 4) is 28.6 Å². The van der Waals surface area contributed by atoms with Crippen LogP contribution in [-0.2, 0) is 6.61 Å². The first-order valence-electron chi connectivity index (χ1n) is 13.7. The summed E-state index contributed by atoms with van der Waals surface area (Å²) < 4.78 is 19.6. The van der Waals surface area contributed by atoms with Gasteiger partial charge < -0.3 is 14.2 Å². The zero-order valence-corrected chi connectivity index (χ0v) is 26.9. The summed E-state index contributed by atoms with van der Waals surface area (Å²) >= 11 is 9.61. The van der Waals surface area contributed by atoms with Gasteiger partial charge in [0.1, 0.15) is 12.4 Å². The first-order valence-corrected chi connectivity index (χ1v) is 14.9. The number of hydrogen-bond acceptors (Lipinski definition) is 6. The van der Waals surface area contributed by atoms with E-state index in [4.69, 9.17) is 35.9 Å². The van der Waals surface area contributed by atoms with Crippen molar-refractivity contribution < 1.29 is 14.2 Å². The Morgan fingerprint density at radius 2 is 1.72 bits per heavy atom. The predicted molar refractivity (Wildman–Crippen MR) is 176 cm³/mol. The van der Waals surface area contributed by atoms with Gasteiger partial charge in [-0.15, -0.1) is 0 Å². The molecule has 9 heteroatoms. The van der Waals surface area contributed by atoms with Crippen LogP contribution in [0.3, 0.4) is 0 Å². The van der Waals surface area contributed by atoms with Crippen LogP contribution in [0.5, 0.6) is 17.2 Å². The summed E-state index contributed by atoms with van der Waals surface area (Å²) in [5, 5.41) is 5.83. The van der Waals surface area contributed by atoms with Crippen molar-refractivity contribution in [3.63, 3.8) is 0 Å². The largest absolute Gasteiger partial charge is 0.496 e. The van der Waals surface area contributed by atoms with Gasteiger partial charge in [0.05, 0.1) is 31.3 Å². The molecule has 0 radical (unpaired) electrons. The molecule has 43 heavy (non-hydrogen) atoms. The molecule has 7 nitrogen and oxygen atoms in total. The number of halogens is 2. The second kappa shape index (κ2) is 13.0. The molecule has 0 aliphatic carbocycles. The van der Waals surface area contributed by atoms with Gasteiger partial charge in [0.2, 0.25) is 0 Å². The monoisotopic (exact) mass is 659 g/mol. The second-order valence-electron chi connectivity index (χ2n) is 10.3. The van der Waals surface area contributed by atoms with E-state index in [-0.39, 0.29) is 18.1 Å². The summed E-state index contributed by atoms with van der Waals surface area (Å²) in [4.78, 5) is 18.8. The molecule has 4 aromatic carbocycles. The molecule has 0 saturated carbocycles. The molecule has 0 unspecified atom stereocenters. The van der Waals surface area contributed by atoms with E-state index in [9.17, 15) is 4.79 Å². The molecule has 0 spiro atoms. The van der Waals surface area contributed by atoms with Crippen molar-refractivity contribution >= 4 is 44.6 Å². The topological polar surface area (TPSA) is 74.9 Å². The quantitative estimate of drug-likeness (QED) is 0.149. The van der Waals surface area contributed by atoms with Crippen molar-refractivity contribution in [2.75, 3.05) is 14.2 Å². The summed E-state index contributed by atoms with van der Waals surface area (Å²) in [6, 6.07) is 22.4. The van der Waals surface area contributed by atoms with E-state index in [0.29, 0.717) is 38.8 Å². The van der Waals surface area contributed by atoms with Gasteiger partial charge in [0.25, 0.3) is 5.56 Å². The Labute approximate surface area is 263 Å². The number of para-hydroxylation sites is 1. The molecule has 0 atom stereocenters. The van der Waals surface area contributed by atoms with Crippen molar-refractivity contribution in [2.24, 2.45) is 5.10 Å². The SMILES string of the molecule is COc1cc(C)c(-c2nc3ccccc3c(=O)n2N=Cc2cc(Br)cc(OC)c2OCc2ccc(Cl)cc2)cc1C(C)C. The molecule has 0 bridgehead atoms. The van der Waals surface area contributed by atoms with E-state index in [1.54, 1.807) is 26.5 Å². The zero-order chi connectivity index (χ0) is 30.7. The minimum absolute atomic E-state index is 0.188. The Hall–Kier alpha value is -4.14. The number of ether oxygens (including phenoxy) is 3. The first-order chi connectivity index (χ1) is 20.7. The highest BCUT2D eigenvalue weighted by molar-refractivity contribution is 9.10. The van der Waals surface area contributed by atoms with Crippen molar-refractivity contribution in [2.45, 2.75) is 33.3 Å². The number of benzene rings is 4. The number of hydrogen-bond donors (Lipinski definition) is 0. The highest BCUT2D eigenvalue weighted by Gasteiger charge is 2.19. The van der Waals surface area contributed by atoms with E-state index < -0.39 is 0 Å². The van der Waals surface area contributed by atoms with Crippen LogP contribution in [0.15, 0.2) is 87.2 Å². The maximum atomic E-state index is 13.9. The summed E-state index contributed by atoms with van der Waals surface area (Å²) in [6.07, 6.45) is 1.59. The minimum atomic E-state index is -0.288. The predicted octanol–water partition coefficient (Wildman–Crippen LogP) is 8.39. The number of aromatic nitrogens is 2. The lowest BCUT2D eigenvalue weighted by molar-refractivity contribution is 0.284. The first kappa shape index (κ1) is 30.3. The highest BCUT2D eigenvalue weighted by Crippen LogP contribution is 2.36. The fraction of sp³-hybridized carbons (Fsp3) is 0.206. The minimum Gasteiger partial charge on any atom is -0.496 e. The lowest BCUT2D eigenvalue weighted by Crippen LogP contribution is -2.21. The molecule has 5 rings (SSSR count). The van der Waals surface area contributed by atoms with Gasteiger partial charge in [0.15, 0.2) is 17.3 Å². The Bertz CT molecular complexity index is 1880. The third-order valence-corrected chi connectivity index (χ3v) is 7.78. The smallest absolute Gasteiger partial charge is 0.282 e. The highest BCUT2D eigenvalue weighted by atomic mass is 79.9. The normalized spacial score (nSPS) is 11.4. The van der Waals surface area contributed by atoms with Gasteiger partial charge in [0, 0.05) is 20.6 Å². The molecule has 0 amide bonds. The number of methoxy groups -OCH3 is 2. The number of aryl methyl sites for hydroxylation is 1. The third-order valence-electron chi connectivity index (χ3n) is 7.07. The van der Waals surface area contributed by atoms with E-state index in [1.165, 1.54) is 4.68 Å². The van der Waals surface area contributed by atoms with Crippen LogP contribution in [0, 0.1) is 6.92 Å². The van der Waals surface area contributed by atoms with Crippen molar-refractivity contribution in [1.82, 2.24) is 9.66 Å². The second-order valence-corrected chi connectivity index (χ2v) is 11.7. The maximum absolute atomic E-state index is 13.9. The average molecular weight is 661 g/mol. The molecular weight excluding hydrogens is 630 g/mol. The van der Waals surface area contributed by atoms with Gasteiger partial charge in [-0.25, -0.2) is 4.98 Å². The maximum Gasteiger partial charge on any atom is 0.282 e. The van der Waals surface area contributed by atoms with Gasteiger partial charge in [-0.3, -0.25) is 4.79 Å². The van der Waals surface area contributed by atoms with Gasteiger partial charge in [-0.1, -0.05) is 65.6 Å².